The third-order valence-electron chi connectivity index (χ3n) is 5.85. The average molecular weight is 602 g/mol. The molecule has 4 aromatic rings. The van der Waals surface area contributed by atoms with E-state index in [9.17, 15) is 14.4 Å². The van der Waals surface area contributed by atoms with Gasteiger partial charge in [-0.15, -0.1) is 11.8 Å². The molecule has 42 heavy (non-hydrogen) atoms. The van der Waals surface area contributed by atoms with Gasteiger partial charge in [-0.3, -0.25) is 14.4 Å². The van der Waals surface area contributed by atoms with Crippen LogP contribution in [0.25, 0.3) is 6.08 Å². The maximum absolute atomic E-state index is 13.2. The highest BCUT2D eigenvalue weighted by Gasteiger charge is 2.16. The molecule has 0 saturated carbocycles. The van der Waals surface area contributed by atoms with E-state index in [2.05, 4.69) is 16.0 Å². The van der Waals surface area contributed by atoms with E-state index in [1.165, 1.54) is 17.8 Å². The number of amides is 3. The number of carbonyl (C=O) groups is 3. The third-order valence-corrected chi connectivity index (χ3v) is 7.21. The first-order valence-corrected chi connectivity index (χ1v) is 14.1. The molecule has 0 radical (unpaired) electrons. The molecular weight excluding hydrogens is 574 g/mol. The molecule has 10 heteroatoms. The molecule has 0 atom stereocenters. The van der Waals surface area contributed by atoms with Crippen molar-refractivity contribution in [3.05, 3.63) is 119 Å². The standard InChI is InChI=1S/C32H28ClN3O5S/c1-40-25-17-24(18-26(19-25)41-2)34-30(37)20-42-27-14-12-23(13-15-27)35-32(39)29(16-22-10-6-7-11-28(22)33)36-31(38)21-8-4-3-5-9-21/h3-19H,20H2,1-2H3,(H,34,37)(H,35,39)(H,36,38)/b29-16-. The van der Waals surface area contributed by atoms with Crippen LogP contribution in [0.3, 0.4) is 0 Å². The van der Waals surface area contributed by atoms with Crippen molar-refractivity contribution in [2.24, 2.45) is 0 Å². The molecule has 0 heterocycles. The van der Waals surface area contributed by atoms with Gasteiger partial charge in [0, 0.05) is 45.1 Å². The summed E-state index contributed by atoms with van der Waals surface area (Å²) in [7, 11) is 3.08. The lowest BCUT2D eigenvalue weighted by Gasteiger charge is -2.12. The summed E-state index contributed by atoms with van der Waals surface area (Å²) in [5.41, 5.74) is 2.09. The maximum Gasteiger partial charge on any atom is 0.272 e. The largest absolute Gasteiger partial charge is 0.497 e. The molecule has 0 saturated heterocycles. The monoisotopic (exact) mass is 601 g/mol. The number of ether oxygens (including phenoxy) is 2. The molecule has 0 unspecified atom stereocenters. The summed E-state index contributed by atoms with van der Waals surface area (Å²) in [6.07, 6.45) is 1.53. The van der Waals surface area contributed by atoms with E-state index in [-0.39, 0.29) is 17.4 Å². The van der Waals surface area contributed by atoms with Gasteiger partial charge in [-0.25, -0.2) is 0 Å². The molecule has 214 valence electrons. The second kappa shape index (κ2) is 14.8. The van der Waals surface area contributed by atoms with Crippen LogP contribution in [-0.2, 0) is 9.59 Å². The van der Waals surface area contributed by atoms with Gasteiger partial charge in [0.2, 0.25) is 5.91 Å². The number of carbonyl (C=O) groups excluding carboxylic acids is 3. The first-order chi connectivity index (χ1) is 20.3. The molecule has 8 nitrogen and oxygen atoms in total. The van der Waals surface area contributed by atoms with Crippen molar-refractivity contribution in [2.45, 2.75) is 4.90 Å². The van der Waals surface area contributed by atoms with E-state index in [0.29, 0.717) is 39.0 Å². The van der Waals surface area contributed by atoms with Gasteiger partial charge in [0.25, 0.3) is 11.8 Å². The Labute approximate surface area is 253 Å². The summed E-state index contributed by atoms with van der Waals surface area (Å²) >= 11 is 7.64. The molecule has 0 spiro atoms. The van der Waals surface area contributed by atoms with Gasteiger partial charge in [0.15, 0.2) is 0 Å². The fourth-order valence-electron chi connectivity index (χ4n) is 3.75. The van der Waals surface area contributed by atoms with Crippen molar-refractivity contribution >= 4 is 58.5 Å². The Kier molecular flexibility index (Phi) is 10.6. The van der Waals surface area contributed by atoms with Crippen molar-refractivity contribution in [1.29, 1.82) is 0 Å². The van der Waals surface area contributed by atoms with E-state index in [0.717, 1.165) is 4.90 Å². The minimum absolute atomic E-state index is 0.0289. The molecular formula is C32H28ClN3O5S. The average Bonchev–Trinajstić information content (AvgIpc) is 3.01. The Balaban J connectivity index is 1.40. The van der Waals surface area contributed by atoms with Crippen LogP contribution >= 0.6 is 23.4 Å². The summed E-state index contributed by atoms with van der Waals surface area (Å²) in [5.74, 6) is 0.158. The van der Waals surface area contributed by atoms with Crippen LogP contribution in [-0.4, -0.2) is 37.7 Å². The topological polar surface area (TPSA) is 106 Å². The number of benzene rings is 4. The molecule has 4 rings (SSSR count). The molecule has 3 amide bonds. The van der Waals surface area contributed by atoms with Crippen LogP contribution < -0.4 is 25.4 Å². The van der Waals surface area contributed by atoms with Gasteiger partial charge in [0.1, 0.15) is 17.2 Å². The lowest BCUT2D eigenvalue weighted by atomic mass is 10.1. The predicted molar refractivity (Wildman–Crippen MR) is 167 cm³/mol. The van der Waals surface area contributed by atoms with E-state index < -0.39 is 11.8 Å². The zero-order valence-electron chi connectivity index (χ0n) is 22.8. The number of rotatable bonds is 11. The number of thioether (sulfide) groups is 1. The van der Waals surface area contributed by atoms with Crippen molar-refractivity contribution in [3.8, 4) is 11.5 Å². The molecule has 0 aliphatic rings. The highest BCUT2D eigenvalue weighted by molar-refractivity contribution is 8.00. The van der Waals surface area contributed by atoms with Crippen molar-refractivity contribution in [2.75, 3.05) is 30.6 Å². The molecule has 0 bridgehead atoms. The quantitative estimate of drug-likeness (QED) is 0.134. The van der Waals surface area contributed by atoms with Crippen LogP contribution in [0.4, 0.5) is 11.4 Å². The summed E-state index contributed by atoms with van der Waals surface area (Å²) < 4.78 is 10.5. The zero-order chi connectivity index (χ0) is 29.9. The number of methoxy groups -OCH3 is 2. The number of hydrogen-bond acceptors (Lipinski definition) is 6. The van der Waals surface area contributed by atoms with Crippen molar-refractivity contribution in [3.63, 3.8) is 0 Å². The summed E-state index contributed by atoms with van der Waals surface area (Å²) in [5, 5.41) is 8.78. The number of anilines is 2. The second-order valence-corrected chi connectivity index (χ2v) is 10.3. The van der Waals surface area contributed by atoms with Gasteiger partial charge in [-0.2, -0.15) is 0 Å². The van der Waals surface area contributed by atoms with Crippen LogP contribution in [0.1, 0.15) is 15.9 Å². The van der Waals surface area contributed by atoms with Crippen molar-refractivity contribution < 1.29 is 23.9 Å². The number of nitrogens with one attached hydrogen (secondary N) is 3. The number of halogens is 1. The fraction of sp³-hybridized carbons (Fsp3) is 0.0938. The van der Waals surface area contributed by atoms with Crippen LogP contribution in [0.2, 0.25) is 5.02 Å². The van der Waals surface area contributed by atoms with Gasteiger partial charge in [-0.1, -0.05) is 48.0 Å². The fourth-order valence-corrected chi connectivity index (χ4v) is 4.64. The SMILES string of the molecule is COc1cc(NC(=O)CSc2ccc(NC(=O)/C(=C/c3ccccc3Cl)NC(=O)c3ccccc3)cc2)cc(OC)c1. The first kappa shape index (κ1) is 30.2. The molecule has 3 N–H and O–H groups in total. The second-order valence-electron chi connectivity index (χ2n) is 8.82. The smallest absolute Gasteiger partial charge is 0.272 e. The van der Waals surface area contributed by atoms with Crippen LogP contribution in [0.5, 0.6) is 11.5 Å². The van der Waals surface area contributed by atoms with Crippen molar-refractivity contribution in [1.82, 2.24) is 5.32 Å². The Morgan fingerprint density at radius 1 is 0.786 bits per heavy atom. The Morgan fingerprint density at radius 3 is 2.07 bits per heavy atom. The zero-order valence-corrected chi connectivity index (χ0v) is 24.4. The summed E-state index contributed by atoms with van der Waals surface area (Å²) in [4.78, 5) is 39.4. The lowest BCUT2D eigenvalue weighted by Crippen LogP contribution is -2.30. The summed E-state index contributed by atoms with van der Waals surface area (Å²) in [6, 6.07) is 27.8. The van der Waals surface area contributed by atoms with Gasteiger partial charge >= 0.3 is 0 Å². The van der Waals surface area contributed by atoms with E-state index in [1.807, 2.05) is 0 Å². The predicted octanol–water partition coefficient (Wildman–Crippen LogP) is 6.50. The lowest BCUT2D eigenvalue weighted by molar-refractivity contribution is -0.114. The van der Waals surface area contributed by atoms with Gasteiger partial charge < -0.3 is 25.4 Å². The van der Waals surface area contributed by atoms with Crippen LogP contribution in [0.15, 0.2) is 108 Å². The normalized spacial score (nSPS) is 10.9. The summed E-state index contributed by atoms with van der Waals surface area (Å²) in [6.45, 7) is 0. The minimum atomic E-state index is -0.521. The Bertz CT molecular complexity index is 1570. The highest BCUT2D eigenvalue weighted by atomic mass is 35.5. The minimum Gasteiger partial charge on any atom is -0.497 e. The Hall–Kier alpha value is -4.73. The molecule has 0 fully saturated rings. The molecule has 0 aliphatic carbocycles. The van der Waals surface area contributed by atoms with E-state index in [4.69, 9.17) is 21.1 Å². The first-order valence-electron chi connectivity index (χ1n) is 12.7. The van der Waals surface area contributed by atoms with E-state index in [1.54, 1.807) is 111 Å². The maximum atomic E-state index is 13.2. The van der Waals surface area contributed by atoms with E-state index >= 15 is 0 Å². The van der Waals surface area contributed by atoms with Crippen LogP contribution in [0, 0.1) is 0 Å². The molecule has 4 aromatic carbocycles. The third kappa shape index (κ3) is 8.63. The molecule has 0 aliphatic heterocycles. The number of hydrogen-bond donors (Lipinski definition) is 3. The Morgan fingerprint density at radius 2 is 1.43 bits per heavy atom. The van der Waals surface area contributed by atoms with Gasteiger partial charge in [-0.05, 0) is 54.1 Å². The van der Waals surface area contributed by atoms with Gasteiger partial charge in [0.05, 0.1) is 20.0 Å². The molecule has 0 aromatic heterocycles. The highest BCUT2D eigenvalue weighted by Crippen LogP contribution is 2.27.